The monoisotopic (exact) mass is 225 g/mol. The number of nitrogens with one attached hydrogen (secondary N) is 1. The molecule has 5 heteroatoms. The minimum Gasteiger partial charge on any atom is -0.271 e. The molecule has 1 heterocycles. The molecule has 0 aromatic carbocycles. The maximum Gasteiger partial charge on any atom is 0.0843 e. The molecule has 0 aliphatic rings. The van der Waals surface area contributed by atoms with Crippen molar-refractivity contribution in [3.05, 3.63) is 11.9 Å². The molecule has 0 amide bonds. The van der Waals surface area contributed by atoms with E-state index in [-0.39, 0.29) is 0 Å². The Kier molecular flexibility index (Phi) is 6.03. The Morgan fingerprint density at radius 1 is 1.44 bits per heavy atom. The van der Waals surface area contributed by atoms with Crippen LogP contribution in [0.3, 0.4) is 0 Å². The number of hydrazine groups is 1. The van der Waals surface area contributed by atoms with Crippen LogP contribution in [0.5, 0.6) is 0 Å². The average molecular weight is 225 g/mol. The van der Waals surface area contributed by atoms with Crippen LogP contribution in [0, 0.1) is 0 Å². The molecule has 1 unspecified atom stereocenters. The second-order valence-electron chi connectivity index (χ2n) is 4.30. The third kappa shape index (κ3) is 4.72. The predicted octanol–water partition coefficient (Wildman–Crippen LogP) is 1.16. The highest BCUT2D eigenvalue weighted by atomic mass is 15.4. The molecule has 0 spiro atoms. The molecule has 0 saturated heterocycles. The summed E-state index contributed by atoms with van der Waals surface area (Å²) in [5.74, 6) is 5.54. The number of hydrogen-bond donors (Lipinski definition) is 2. The number of aromatic nitrogens is 3. The van der Waals surface area contributed by atoms with Crippen LogP contribution in [0.25, 0.3) is 0 Å². The maximum absolute atomic E-state index is 5.54. The Hall–Kier alpha value is -0.940. The molecule has 5 nitrogen and oxygen atoms in total. The van der Waals surface area contributed by atoms with Crippen LogP contribution < -0.4 is 11.3 Å². The molecule has 1 aromatic rings. The number of nitrogens with two attached hydrogens (primary N) is 1. The van der Waals surface area contributed by atoms with Gasteiger partial charge in [-0.15, -0.1) is 5.10 Å². The van der Waals surface area contributed by atoms with Crippen molar-refractivity contribution >= 4 is 0 Å². The van der Waals surface area contributed by atoms with Crippen molar-refractivity contribution in [1.82, 2.24) is 20.4 Å². The van der Waals surface area contributed by atoms with Crippen LogP contribution in [0.1, 0.15) is 44.7 Å². The van der Waals surface area contributed by atoms with Crippen LogP contribution in [0.4, 0.5) is 0 Å². The molecule has 1 aromatic heterocycles. The highest BCUT2D eigenvalue weighted by Gasteiger charge is 2.09. The lowest BCUT2D eigenvalue weighted by molar-refractivity contribution is 0.459. The van der Waals surface area contributed by atoms with Crippen molar-refractivity contribution < 1.29 is 0 Å². The largest absolute Gasteiger partial charge is 0.271 e. The van der Waals surface area contributed by atoms with Crippen molar-refractivity contribution in [2.75, 3.05) is 0 Å². The van der Waals surface area contributed by atoms with E-state index in [1.807, 2.05) is 13.2 Å². The zero-order chi connectivity index (χ0) is 11.8. The Labute approximate surface area is 97.4 Å². The van der Waals surface area contributed by atoms with Gasteiger partial charge in [0.15, 0.2) is 0 Å². The first-order chi connectivity index (χ1) is 7.76. The highest BCUT2D eigenvalue weighted by molar-refractivity contribution is 4.95. The molecule has 16 heavy (non-hydrogen) atoms. The molecule has 0 aliphatic heterocycles. The predicted molar refractivity (Wildman–Crippen MR) is 64.6 cm³/mol. The lowest BCUT2D eigenvalue weighted by atomic mass is 10.0. The van der Waals surface area contributed by atoms with Gasteiger partial charge < -0.3 is 0 Å². The lowest BCUT2D eigenvalue weighted by Gasteiger charge is -2.13. The van der Waals surface area contributed by atoms with Gasteiger partial charge in [0.25, 0.3) is 0 Å². The van der Waals surface area contributed by atoms with Crippen LogP contribution in [-0.4, -0.2) is 21.0 Å². The van der Waals surface area contributed by atoms with E-state index < -0.39 is 0 Å². The van der Waals surface area contributed by atoms with E-state index in [1.165, 1.54) is 25.7 Å². The molecule has 0 bridgehead atoms. The van der Waals surface area contributed by atoms with Crippen molar-refractivity contribution in [2.45, 2.75) is 51.5 Å². The molecule has 1 rings (SSSR count). The fourth-order valence-corrected chi connectivity index (χ4v) is 1.80. The van der Waals surface area contributed by atoms with Gasteiger partial charge >= 0.3 is 0 Å². The standard InChI is InChI=1S/C11H23N5/c1-3-4-5-6-7-10(13-12)8-11-9-16(2)15-14-11/h9-10,13H,3-8,12H2,1-2H3. The minimum absolute atomic E-state index is 0.313. The summed E-state index contributed by atoms with van der Waals surface area (Å²) >= 11 is 0. The molecule has 92 valence electrons. The summed E-state index contributed by atoms with van der Waals surface area (Å²) < 4.78 is 1.72. The van der Waals surface area contributed by atoms with Crippen LogP contribution in [0.15, 0.2) is 6.20 Å². The summed E-state index contributed by atoms with van der Waals surface area (Å²) in [6, 6.07) is 0.313. The molecule has 3 N–H and O–H groups in total. The second kappa shape index (κ2) is 7.35. The van der Waals surface area contributed by atoms with Gasteiger partial charge in [0.05, 0.1) is 5.69 Å². The van der Waals surface area contributed by atoms with E-state index in [4.69, 9.17) is 5.84 Å². The van der Waals surface area contributed by atoms with Gasteiger partial charge in [-0.25, -0.2) is 0 Å². The average Bonchev–Trinajstić information content (AvgIpc) is 2.68. The molecular weight excluding hydrogens is 202 g/mol. The molecule has 0 saturated carbocycles. The minimum atomic E-state index is 0.313. The van der Waals surface area contributed by atoms with Crippen molar-refractivity contribution in [3.63, 3.8) is 0 Å². The Morgan fingerprint density at radius 2 is 2.25 bits per heavy atom. The molecular formula is C11H23N5. The van der Waals surface area contributed by atoms with Gasteiger partial charge in [0, 0.05) is 25.7 Å². The van der Waals surface area contributed by atoms with Crippen LogP contribution in [-0.2, 0) is 13.5 Å². The fraction of sp³-hybridized carbons (Fsp3) is 0.818. The Balaban J connectivity index is 2.26. The normalized spacial score (nSPS) is 12.9. The first kappa shape index (κ1) is 13.1. The van der Waals surface area contributed by atoms with Crippen molar-refractivity contribution in [1.29, 1.82) is 0 Å². The van der Waals surface area contributed by atoms with Gasteiger partial charge in [-0.3, -0.25) is 16.0 Å². The molecule has 0 aliphatic carbocycles. The number of rotatable bonds is 8. The Bertz CT molecular complexity index is 284. The van der Waals surface area contributed by atoms with Gasteiger partial charge in [0.1, 0.15) is 0 Å². The Morgan fingerprint density at radius 3 is 2.81 bits per heavy atom. The van der Waals surface area contributed by atoms with Crippen molar-refractivity contribution in [3.8, 4) is 0 Å². The van der Waals surface area contributed by atoms with Gasteiger partial charge in [0.2, 0.25) is 0 Å². The van der Waals surface area contributed by atoms with Gasteiger partial charge in [-0.2, -0.15) is 0 Å². The van der Waals surface area contributed by atoms with Gasteiger partial charge in [-0.05, 0) is 6.42 Å². The highest BCUT2D eigenvalue weighted by Crippen LogP contribution is 2.08. The van der Waals surface area contributed by atoms with Gasteiger partial charge in [-0.1, -0.05) is 37.8 Å². The third-order valence-corrected chi connectivity index (χ3v) is 2.75. The number of nitrogens with zero attached hydrogens (tertiary/aromatic N) is 3. The molecule has 0 fully saturated rings. The molecule has 1 atom stereocenters. The number of aryl methyl sites for hydroxylation is 1. The summed E-state index contributed by atoms with van der Waals surface area (Å²) in [4.78, 5) is 0. The van der Waals surface area contributed by atoms with E-state index in [0.29, 0.717) is 6.04 Å². The van der Waals surface area contributed by atoms with E-state index in [0.717, 1.165) is 18.5 Å². The van der Waals surface area contributed by atoms with E-state index in [2.05, 4.69) is 22.7 Å². The second-order valence-corrected chi connectivity index (χ2v) is 4.30. The van der Waals surface area contributed by atoms with Crippen molar-refractivity contribution in [2.24, 2.45) is 12.9 Å². The number of hydrogen-bond acceptors (Lipinski definition) is 4. The zero-order valence-corrected chi connectivity index (χ0v) is 10.3. The third-order valence-electron chi connectivity index (χ3n) is 2.75. The molecule has 0 radical (unpaired) electrons. The smallest absolute Gasteiger partial charge is 0.0843 e. The SMILES string of the molecule is CCCCCCC(Cc1cn(C)nn1)NN. The summed E-state index contributed by atoms with van der Waals surface area (Å²) in [5, 5.41) is 7.98. The zero-order valence-electron chi connectivity index (χ0n) is 10.3. The van der Waals surface area contributed by atoms with E-state index in [9.17, 15) is 0 Å². The fourth-order valence-electron chi connectivity index (χ4n) is 1.80. The first-order valence-electron chi connectivity index (χ1n) is 6.07. The lowest BCUT2D eigenvalue weighted by Crippen LogP contribution is -2.36. The number of unbranched alkanes of at least 4 members (excludes halogenated alkanes) is 3. The van der Waals surface area contributed by atoms with Crippen LogP contribution in [0.2, 0.25) is 0 Å². The quantitative estimate of drug-likeness (QED) is 0.396. The first-order valence-corrected chi connectivity index (χ1v) is 6.07. The summed E-state index contributed by atoms with van der Waals surface area (Å²) in [6.07, 6.45) is 8.99. The summed E-state index contributed by atoms with van der Waals surface area (Å²) in [5.41, 5.74) is 3.86. The van der Waals surface area contributed by atoms with E-state index in [1.54, 1.807) is 4.68 Å². The summed E-state index contributed by atoms with van der Waals surface area (Å²) in [6.45, 7) is 2.22. The topological polar surface area (TPSA) is 68.8 Å². The van der Waals surface area contributed by atoms with Crippen LogP contribution >= 0.6 is 0 Å². The summed E-state index contributed by atoms with van der Waals surface area (Å²) in [7, 11) is 1.88. The van der Waals surface area contributed by atoms with E-state index >= 15 is 0 Å². The maximum atomic E-state index is 5.54.